The van der Waals surface area contributed by atoms with Gasteiger partial charge in [-0.15, -0.1) is 0 Å². The number of benzene rings is 2. The molecule has 0 unspecified atom stereocenters. The van der Waals surface area contributed by atoms with E-state index in [2.05, 4.69) is 15.9 Å². The average Bonchev–Trinajstić information content (AvgIpc) is 2.52. The Balaban J connectivity index is 0.000000194. The smallest absolute Gasteiger partial charge is 0.255 e. The maximum Gasteiger partial charge on any atom is 0.255 e. The standard InChI is InChI=1S/C12H11NO.C6H5Br/c1-10-7-8-12(14)13(9-10)11-5-3-2-4-6-11;7-6-4-2-1-3-5-6/h2-9H,1H3;1-5H. The Morgan fingerprint density at radius 3 is 1.90 bits per heavy atom. The second-order valence-corrected chi connectivity index (χ2v) is 5.46. The van der Waals surface area contributed by atoms with Gasteiger partial charge < -0.3 is 0 Å². The third-order valence-electron chi connectivity index (χ3n) is 2.83. The lowest BCUT2D eigenvalue weighted by Gasteiger charge is -2.05. The van der Waals surface area contributed by atoms with Gasteiger partial charge in [0.1, 0.15) is 0 Å². The summed E-state index contributed by atoms with van der Waals surface area (Å²) < 4.78 is 2.78. The van der Waals surface area contributed by atoms with Gasteiger partial charge in [0.05, 0.1) is 0 Å². The Hall–Kier alpha value is -2.13. The van der Waals surface area contributed by atoms with Crippen LogP contribution < -0.4 is 5.56 Å². The van der Waals surface area contributed by atoms with Gasteiger partial charge in [0.25, 0.3) is 5.56 Å². The molecule has 1 heterocycles. The Labute approximate surface area is 132 Å². The van der Waals surface area contributed by atoms with Crippen LogP contribution in [0.15, 0.2) is 88.3 Å². The molecule has 0 spiro atoms. The summed E-state index contributed by atoms with van der Waals surface area (Å²) in [6.07, 6.45) is 1.84. The fourth-order valence-corrected chi connectivity index (χ4v) is 2.10. The van der Waals surface area contributed by atoms with Crippen molar-refractivity contribution in [1.29, 1.82) is 0 Å². The van der Waals surface area contributed by atoms with Gasteiger partial charge in [-0.1, -0.05) is 58.4 Å². The van der Waals surface area contributed by atoms with Gasteiger partial charge in [-0.2, -0.15) is 0 Å². The molecule has 0 radical (unpaired) electrons. The summed E-state index contributed by atoms with van der Waals surface area (Å²) in [5.41, 5.74) is 1.98. The summed E-state index contributed by atoms with van der Waals surface area (Å²) in [5.74, 6) is 0. The fraction of sp³-hybridized carbons (Fsp3) is 0.0556. The molecule has 0 saturated heterocycles. The van der Waals surface area contributed by atoms with Crippen molar-refractivity contribution in [2.75, 3.05) is 0 Å². The first kappa shape index (κ1) is 15.3. The van der Waals surface area contributed by atoms with Gasteiger partial charge >= 0.3 is 0 Å². The molecule has 3 aromatic rings. The summed E-state index contributed by atoms with van der Waals surface area (Å²) in [4.78, 5) is 11.5. The highest BCUT2D eigenvalue weighted by atomic mass is 79.9. The van der Waals surface area contributed by atoms with Crippen molar-refractivity contribution < 1.29 is 0 Å². The van der Waals surface area contributed by atoms with E-state index in [1.807, 2.05) is 79.9 Å². The van der Waals surface area contributed by atoms with Crippen molar-refractivity contribution in [2.24, 2.45) is 0 Å². The number of rotatable bonds is 1. The zero-order valence-electron chi connectivity index (χ0n) is 11.7. The van der Waals surface area contributed by atoms with Gasteiger partial charge in [-0.25, -0.2) is 0 Å². The van der Waals surface area contributed by atoms with E-state index in [1.54, 1.807) is 10.6 Å². The normalized spacial score (nSPS) is 9.62. The molecule has 0 aliphatic carbocycles. The summed E-state index contributed by atoms with van der Waals surface area (Å²) in [6, 6.07) is 23.0. The van der Waals surface area contributed by atoms with Gasteiger partial charge in [-0.05, 0) is 36.8 Å². The first-order valence-electron chi connectivity index (χ1n) is 6.62. The SMILES string of the molecule is Brc1ccccc1.Cc1ccc(=O)n(-c2ccccc2)c1. The molecular weight excluding hydrogens is 326 g/mol. The minimum Gasteiger partial charge on any atom is -0.284 e. The quantitative estimate of drug-likeness (QED) is 0.634. The summed E-state index contributed by atoms with van der Waals surface area (Å²) in [7, 11) is 0. The average molecular weight is 342 g/mol. The van der Waals surface area contributed by atoms with Crippen LogP contribution in [-0.4, -0.2) is 4.57 Å². The zero-order chi connectivity index (χ0) is 15.1. The van der Waals surface area contributed by atoms with Crippen LogP contribution in [-0.2, 0) is 0 Å². The topological polar surface area (TPSA) is 22.0 Å². The number of pyridine rings is 1. The number of para-hydroxylation sites is 1. The third-order valence-corrected chi connectivity index (χ3v) is 3.36. The van der Waals surface area contributed by atoms with Gasteiger partial charge in [-0.3, -0.25) is 9.36 Å². The minimum atomic E-state index is 0.00167. The van der Waals surface area contributed by atoms with Crippen LogP contribution in [0.4, 0.5) is 0 Å². The molecule has 1 aromatic heterocycles. The Bertz CT molecular complexity index is 736. The lowest BCUT2D eigenvalue weighted by atomic mass is 10.3. The van der Waals surface area contributed by atoms with Crippen LogP contribution >= 0.6 is 15.9 Å². The molecule has 21 heavy (non-hydrogen) atoms. The van der Waals surface area contributed by atoms with E-state index in [-0.39, 0.29) is 5.56 Å². The second kappa shape index (κ2) is 7.60. The second-order valence-electron chi connectivity index (χ2n) is 4.55. The molecule has 3 heteroatoms. The van der Waals surface area contributed by atoms with Crippen molar-refractivity contribution in [1.82, 2.24) is 4.57 Å². The molecule has 0 saturated carbocycles. The molecule has 0 aliphatic heterocycles. The minimum absolute atomic E-state index is 0.00167. The Morgan fingerprint density at radius 2 is 1.38 bits per heavy atom. The number of aromatic nitrogens is 1. The molecule has 3 rings (SSSR count). The van der Waals surface area contributed by atoms with Crippen molar-refractivity contribution >= 4 is 15.9 Å². The maximum absolute atomic E-state index is 11.5. The van der Waals surface area contributed by atoms with Crippen LogP contribution in [0.1, 0.15) is 5.56 Å². The number of hydrogen-bond acceptors (Lipinski definition) is 1. The number of halogens is 1. The summed E-state index contributed by atoms with van der Waals surface area (Å²) >= 11 is 3.31. The Kier molecular flexibility index (Phi) is 5.52. The molecule has 0 amide bonds. The van der Waals surface area contributed by atoms with Crippen LogP contribution in [0.2, 0.25) is 0 Å². The first-order valence-corrected chi connectivity index (χ1v) is 7.41. The van der Waals surface area contributed by atoms with E-state index >= 15 is 0 Å². The first-order chi connectivity index (χ1) is 10.2. The van der Waals surface area contributed by atoms with Crippen LogP contribution in [0.25, 0.3) is 5.69 Å². The molecule has 0 aliphatic rings. The zero-order valence-corrected chi connectivity index (χ0v) is 13.3. The molecule has 106 valence electrons. The number of hydrogen-bond donors (Lipinski definition) is 0. The van der Waals surface area contributed by atoms with Gasteiger partial charge in [0, 0.05) is 22.4 Å². The van der Waals surface area contributed by atoms with Crippen molar-refractivity contribution in [3.8, 4) is 5.69 Å². The summed E-state index contributed by atoms with van der Waals surface area (Å²) in [6.45, 7) is 1.97. The Morgan fingerprint density at radius 1 is 0.810 bits per heavy atom. The van der Waals surface area contributed by atoms with Crippen LogP contribution in [0.5, 0.6) is 0 Å². The molecule has 2 aromatic carbocycles. The van der Waals surface area contributed by atoms with E-state index in [1.165, 1.54) is 0 Å². The van der Waals surface area contributed by atoms with Crippen molar-refractivity contribution in [2.45, 2.75) is 6.92 Å². The molecule has 0 atom stereocenters. The van der Waals surface area contributed by atoms with Crippen molar-refractivity contribution in [3.63, 3.8) is 0 Å². The maximum atomic E-state index is 11.5. The van der Waals surface area contributed by atoms with E-state index in [9.17, 15) is 4.79 Å². The molecule has 0 fully saturated rings. The summed E-state index contributed by atoms with van der Waals surface area (Å²) in [5, 5.41) is 0. The van der Waals surface area contributed by atoms with E-state index < -0.39 is 0 Å². The highest BCUT2D eigenvalue weighted by Gasteiger charge is 1.97. The lowest BCUT2D eigenvalue weighted by molar-refractivity contribution is 0.976. The highest BCUT2D eigenvalue weighted by molar-refractivity contribution is 9.10. The predicted octanol–water partition coefficient (Wildman–Crippen LogP) is 4.60. The number of nitrogens with zero attached hydrogens (tertiary/aromatic N) is 1. The van der Waals surface area contributed by atoms with E-state index in [0.717, 1.165) is 15.7 Å². The molecule has 2 nitrogen and oxygen atoms in total. The molecular formula is C18H16BrNO. The van der Waals surface area contributed by atoms with Crippen LogP contribution in [0.3, 0.4) is 0 Å². The van der Waals surface area contributed by atoms with Gasteiger partial charge in [0.2, 0.25) is 0 Å². The monoisotopic (exact) mass is 341 g/mol. The third kappa shape index (κ3) is 4.72. The van der Waals surface area contributed by atoms with Gasteiger partial charge in [0.15, 0.2) is 0 Å². The lowest BCUT2D eigenvalue weighted by Crippen LogP contribution is -2.16. The highest BCUT2D eigenvalue weighted by Crippen LogP contribution is 2.05. The van der Waals surface area contributed by atoms with E-state index in [4.69, 9.17) is 0 Å². The molecule has 0 N–H and O–H groups in total. The number of aryl methyl sites for hydroxylation is 1. The van der Waals surface area contributed by atoms with E-state index in [0.29, 0.717) is 0 Å². The van der Waals surface area contributed by atoms with Crippen LogP contribution in [0, 0.1) is 6.92 Å². The predicted molar refractivity (Wildman–Crippen MR) is 90.9 cm³/mol. The fourth-order valence-electron chi connectivity index (χ4n) is 1.80. The molecule has 0 bridgehead atoms. The van der Waals surface area contributed by atoms with Crippen molar-refractivity contribution in [3.05, 3.63) is 99.4 Å². The largest absolute Gasteiger partial charge is 0.284 e.